The van der Waals surface area contributed by atoms with Gasteiger partial charge in [0.1, 0.15) is 6.10 Å². The van der Waals surface area contributed by atoms with E-state index in [9.17, 15) is 4.79 Å². The summed E-state index contributed by atoms with van der Waals surface area (Å²) < 4.78 is 0. The first kappa shape index (κ1) is 5.34. The van der Waals surface area contributed by atoms with E-state index in [0.717, 1.165) is 0 Å². The van der Waals surface area contributed by atoms with Crippen LogP contribution < -0.4 is 0 Å². The number of aliphatic hydroxyl groups excluding tert-OH is 1. The molecular formula is C5H6O4. The summed E-state index contributed by atoms with van der Waals surface area (Å²) in [5, 5.41) is 9.02. The van der Waals surface area contributed by atoms with E-state index >= 15 is 0 Å². The SMILES string of the molecule is O=C1CCC(O)C12OO2. The van der Waals surface area contributed by atoms with Crippen LogP contribution >= 0.6 is 0 Å². The standard InChI is InChI=1S/C5H6O4/c6-3-1-2-4(7)5(3)8-9-5/h3,6H,1-2H2. The highest BCUT2D eigenvalue weighted by Gasteiger charge is 2.65. The van der Waals surface area contributed by atoms with Gasteiger partial charge in [-0.05, 0) is 6.42 Å². The smallest absolute Gasteiger partial charge is 0.316 e. The third-order valence-corrected chi connectivity index (χ3v) is 1.74. The Morgan fingerprint density at radius 3 is 2.56 bits per heavy atom. The number of rotatable bonds is 0. The van der Waals surface area contributed by atoms with Gasteiger partial charge in [0.05, 0.1) is 0 Å². The molecule has 0 aromatic carbocycles. The van der Waals surface area contributed by atoms with Crippen LogP contribution in [0.1, 0.15) is 12.8 Å². The summed E-state index contributed by atoms with van der Waals surface area (Å²) in [6.45, 7) is 0. The Morgan fingerprint density at radius 2 is 2.33 bits per heavy atom. The second kappa shape index (κ2) is 1.34. The molecule has 50 valence electrons. The summed E-state index contributed by atoms with van der Waals surface area (Å²) in [5.41, 5.74) is 0. The van der Waals surface area contributed by atoms with Crippen LogP contribution in [-0.2, 0) is 14.6 Å². The Balaban J connectivity index is 2.26. The zero-order valence-electron chi connectivity index (χ0n) is 4.66. The van der Waals surface area contributed by atoms with E-state index in [1.165, 1.54) is 0 Å². The maximum absolute atomic E-state index is 10.8. The van der Waals surface area contributed by atoms with Crippen molar-refractivity contribution in [1.29, 1.82) is 0 Å². The van der Waals surface area contributed by atoms with Crippen molar-refractivity contribution in [3.8, 4) is 0 Å². The molecule has 1 aliphatic carbocycles. The topological polar surface area (TPSA) is 62.4 Å². The molecule has 1 spiro atoms. The lowest BCUT2D eigenvalue weighted by atomic mass is 10.2. The summed E-state index contributed by atoms with van der Waals surface area (Å²) in [7, 11) is 0. The van der Waals surface area contributed by atoms with Crippen molar-refractivity contribution >= 4 is 5.78 Å². The second-order valence-corrected chi connectivity index (χ2v) is 2.31. The first-order valence-corrected chi connectivity index (χ1v) is 2.84. The molecule has 9 heavy (non-hydrogen) atoms. The summed E-state index contributed by atoms with van der Waals surface area (Å²) in [6.07, 6.45) is 0.0741. The van der Waals surface area contributed by atoms with Gasteiger partial charge in [-0.2, -0.15) is 9.78 Å². The monoisotopic (exact) mass is 130 g/mol. The lowest BCUT2D eigenvalue weighted by molar-refractivity contribution is -0.124. The van der Waals surface area contributed by atoms with E-state index in [1.54, 1.807) is 0 Å². The molecule has 2 rings (SSSR count). The van der Waals surface area contributed by atoms with Crippen LogP contribution in [0.15, 0.2) is 0 Å². The van der Waals surface area contributed by atoms with Crippen molar-refractivity contribution in [3.63, 3.8) is 0 Å². The van der Waals surface area contributed by atoms with Gasteiger partial charge in [0.2, 0.25) is 5.78 Å². The third kappa shape index (κ3) is 0.501. The van der Waals surface area contributed by atoms with Crippen molar-refractivity contribution in [2.45, 2.75) is 24.7 Å². The predicted molar refractivity (Wildman–Crippen MR) is 25.1 cm³/mol. The molecular weight excluding hydrogens is 124 g/mol. The van der Waals surface area contributed by atoms with Crippen molar-refractivity contribution in [3.05, 3.63) is 0 Å². The molecule has 0 aromatic heterocycles. The molecule has 2 fully saturated rings. The highest BCUT2D eigenvalue weighted by atomic mass is 17.4. The maximum Gasteiger partial charge on any atom is 0.316 e. The van der Waals surface area contributed by atoms with Crippen molar-refractivity contribution in [2.24, 2.45) is 0 Å². The number of ketones is 1. The molecule has 1 atom stereocenters. The molecule has 4 nitrogen and oxygen atoms in total. The predicted octanol–water partition coefficient (Wildman–Crippen LogP) is -0.632. The number of carbonyl (C=O) groups excluding carboxylic acids is 1. The van der Waals surface area contributed by atoms with Crippen molar-refractivity contribution in [1.82, 2.24) is 0 Å². The molecule has 1 N–H and O–H groups in total. The Kier molecular flexibility index (Phi) is 0.795. The van der Waals surface area contributed by atoms with Crippen molar-refractivity contribution in [2.75, 3.05) is 0 Å². The van der Waals surface area contributed by atoms with Crippen LogP contribution in [0.25, 0.3) is 0 Å². The number of hydrogen-bond acceptors (Lipinski definition) is 4. The van der Waals surface area contributed by atoms with Gasteiger partial charge >= 0.3 is 5.79 Å². The van der Waals surface area contributed by atoms with Gasteiger partial charge in [0.25, 0.3) is 0 Å². The average Bonchev–Trinajstić information content (AvgIpc) is 2.56. The quantitative estimate of drug-likeness (QED) is 0.350. The van der Waals surface area contributed by atoms with Crippen molar-refractivity contribution < 1.29 is 19.7 Å². The van der Waals surface area contributed by atoms with Crippen LogP contribution in [-0.4, -0.2) is 22.8 Å². The fourth-order valence-electron chi connectivity index (χ4n) is 1.07. The largest absolute Gasteiger partial charge is 0.387 e. The van der Waals surface area contributed by atoms with Crippen LogP contribution in [0.4, 0.5) is 0 Å². The Morgan fingerprint density at radius 1 is 1.67 bits per heavy atom. The number of aliphatic hydroxyl groups is 1. The highest BCUT2D eigenvalue weighted by Crippen LogP contribution is 2.42. The third-order valence-electron chi connectivity index (χ3n) is 1.74. The Hall–Kier alpha value is -0.450. The molecule has 0 radical (unpaired) electrons. The van der Waals surface area contributed by atoms with E-state index < -0.39 is 11.9 Å². The maximum atomic E-state index is 10.8. The average molecular weight is 130 g/mol. The normalized spacial score (nSPS) is 37.9. The van der Waals surface area contributed by atoms with Gasteiger partial charge < -0.3 is 5.11 Å². The fraction of sp³-hybridized carbons (Fsp3) is 0.800. The van der Waals surface area contributed by atoms with Gasteiger partial charge in [-0.15, -0.1) is 0 Å². The van der Waals surface area contributed by atoms with E-state index in [2.05, 4.69) is 9.78 Å². The van der Waals surface area contributed by atoms with Gasteiger partial charge in [0.15, 0.2) is 0 Å². The Bertz CT molecular complexity index is 160. The summed E-state index contributed by atoms with van der Waals surface area (Å²) >= 11 is 0. The number of hydrogen-bond donors (Lipinski definition) is 1. The molecule has 1 saturated heterocycles. The minimum absolute atomic E-state index is 0.144. The molecule has 2 aliphatic rings. The lowest BCUT2D eigenvalue weighted by Gasteiger charge is -1.97. The number of Topliss-reactive ketones (excluding diaryl/α,β-unsaturated/α-hetero) is 1. The first-order valence-electron chi connectivity index (χ1n) is 2.84. The van der Waals surface area contributed by atoms with Gasteiger partial charge in [0, 0.05) is 6.42 Å². The highest BCUT2D eigenvalue weighted by molar-refractivity contribution is 5.90. The molecule has 1 unspecified atom stereocenters. The molecule has 0 aromatic rings. The molecule has 0 amide bonds. The summed E-state index contributed by atoms with van der Waals surface area (Å²) in [5.74, 6) is -1.37. The Labute approximate surface area is 51.3 Å². The summed E-state index contributed by atoms with van der Waals surface area (Å²) in [4.78, 5) is 19.5. The fourth-order valence-corrected chi connectivity index (χ4v) is 1.07. The molecule has 0 bridgehead atoms. The number of carbonyl (C=O) groups is 1. The minimum atomic E-state index is -1.22. The van der Waals surface area contributed by atoms with Gasteiger partial charge in [-0.25, -0.2) is 0 Å². The first-order chi connectivity index (χ1) is 4.26. The minimum Gasteiger partial charge on any atom is -0.387 e. The summed E-state index contributed by atoms with van der Waals surface area (Å²) in [6, 6.07) is 0. The van der Waals surface area contributed by atoms with Gasteiger partial charge in [-0.3, -0.25) is 4.79 Å². The lowest BCUT2D eigenvalue weighted by Crippen LogP contribution is -2.28. The van der Waals surface area contributed by atoms with E-state index in [1.807, 2.05) is 0 Å². The zero-order valence-corrected chi connectivity index (χ0v) is 4.66. The zero-order chi connectivity index (χ0) is 6.48. The van der Waals surface area contributed by atoms with E-state index in [4.69, 9.17) is 5.11 Å². The van der Waals surface area contributed by atoms with Crippen LogP contribution in [0.5, 0.6) is 0 Å². The van der Waals surface area contributed by atoms with Gasteiger partial charge in [-0.1, -0.05) is 0 Å². The molecule has 1 saturated carbocycles. The van der Waals surface area contributed by atoms with Crippen LogP contribution in [0.2, 0.25) is 0 Å². The molecule has 1 heterocycles. The molecule has 4 heteroatoms. The second-order valence-electron chi connectivity index (χ2n) is 2.31. The molecule has 1 aliphatic heterocycles. The van der Waals surface area contributed by atoms with E-state index in [0.29, 0.717) is 12.8 Å². The van der Waals surface area contributed by atoms with Crippen LogP contribution in [0.3, 0.4) is 0 Å². The van der Waals surface area contributed by atoms with Crippen LogP contribution in [0, 0.1) is 0 Å². The van der Waals surface area contributed by atoms with E-state index in [-0.39, 0.29) is 5.78 Å².